The highest BCUT2D eigenvalue weighted by molar-refractivity contribution is 6.35. The molecule has 0 radical (unpaired) electrons. The number of H-pyrrole nitrogens is 3. The lowest BCUT2D eigenvalue weighted by Gasteiger charge is -2.03. The van der Waals surface area contributed by atoms with Crippen molar-refractivity contribution < 1.29 is 9.90 Å². The number of imidazole rings is 3. The van der Waals surface area contributed by atoms with E-state index in [4.69, 9.17) is 16.6 Å². The molecule has 1 amide bonds. The van der Waals surface area contributed by atoms with Crippen LogP contribution in [0.15, 0.2) is 42.5 Å². The maximum atomic E-state index is 12.4. The van der Waals surface area contributed by atoms with Crippen LogP contribution in [0.2, 0.25) is 5.02 Å². The van der Waals surface area contributed by atoms with E-state index in [2.05, 4.69) is 37.2 Å². The number of hydrogen-bond acceptors (Lipinski definition) is 5. The smallest absolute Gasteiger partial charge is 0.251 e. The van der Waals surface area contributed by atoms with Crippen molar-refractivity contribution in [1.82, 2.24) is 35.2 Å². The van der Waals surface area contributed by atoms with Crippen LogP contribution in [0.4, 0.5) is 0 Å². The second kappa shape index (κ2) is 8.94. The summed E-state index contributed by atoms with van der Waals surface area (Å²) in [6.07, 6.45) is 1.98. The number of fused-ring (bicyclic) bond motifs is 3. The van der Waals surface area contributed by atoms with Crippen molar-refractivity contribution in [3.05, 3.63) is 58.9 Å². The van der Waals surface area contributed by atoms with Gasteiger partial charge < -0.3 is 25.4 Å². The van der Waals surface area contributed by atoms with Crippen molar-refractivity contribution in [2.24, 2.45) is 0 Å². The number of carbonyl (C=O) groups is 1. The fraction of sp³-hybridized carbons (Fsp3) is 0.185. The molecule has 0 saturated carbocycles. The van der Waals surface area contributed by atoms with Crippen LogP contribution in [0.5, 0.6) is 5.75 Å². The van der Waals surface area contributed by atoms with Crippen LogP contribution in [0.1, 0.15) is 35.9 Å². The minimum absolute atomic E-state index is 0.0334. The number of aryl methyl sites for hydroxylation is 1. The third-order valence-corrected chi connectivity index (χ3v) is 6.67. The van der Waals surface area contributed by atoms with Gasteiger partial charge in [-0.25, -0.2) is 15.0 Å². The van der Waals surface area contributed by atoms with Gasteiger partial charge in [-0.05, 0) is 55.8 Å². The molecular formula is C27H24ClN7O2. The third-order valence-electron chi connectivity index (χ3n) is 6.38. The Bertz CT molecular complexity index is 1810. The quantitative estimate of drug-likeness (QED) is 0.178. The summed E-state index contributed by atoms with van der Waals surface area (Å²) < 4.78 is 0. The Balaban J connectivity index is 1.34. The molecule has 6 aromatic rings. The monoisotopic (exact) mass is 513 g/mol. The largest absolute Gasteiger partial charge is 0.505 e. The normalized spacial score (nSPS) is 11.6. The first kappa shape index (κ1) is 23.1. The van der Waals surface area contributed by atoms with Crippen LogP contribution < -0.4 is 5.32 Å². The summed E-state index contributed by atoms with van der Waals surface area (Å²) in [4.78, 5) is 35.8. The maximum absolute atomic E-state index is 12.4. The first-order valence-electron chi connectivity index (χ1n) is 12.1. The Labute approximate surface area is 216 Å². The van der Waals surface area contributed by atoms with Gasteiger partial charge in [0.2, 0.25) is 0 Å². The lowest BCUT2D eigenvalue weighted by molar-refractivity contribution is 0.0953. The van der Waals surface area contributed by atoms with E-state index in [1.165, 1.54) is 0 Å². The molecule has 0 saturated heterocycles. The molecule has 6 rings (SSSR count). The van der Waals surface area contributed by atoms with Gasteiger partial charge in [-0.1, -0.05) is 24.9 Å². The van der Waals surface area contributed by atoms with Crippen LogP contribution in [0, 0.1) is 6.92 Å². The summed E-state index contributed by atoms with van der Waals surface area (Å²) in [7, 11) is 0. The van der Waals surface area contributed by atoms with Gasteiger partial charge in [0.25, 0.3) is 5.91 Å². The van der Waals surface area contributed by atoms with E-state index in [-0.39, 0.29) is 11.7 Å². The Hall–Kier alpha value is -4.37. The van der Waals surface area contributed by atoms with E-state index in [9.17, 15) is 9.90 Å². The molecule has 10 heteroatoms. The predicted octanol–water partition coefficient (Wildman–Crippen LogP) is 5.85. The lowest BCUT2D eigenvalue weighted by atomic mass is 10.1. The number of nitrogens with one attached hydrogen (secondary N) is 4. The molecule has 5 N–H and O–H groups in total. The number of nitrogens with zero attached hydrogens (tertiary/aromatic N) is 3. The molecule has 0 fully saturated rings. The van der Waals surface area contributed by atoms with Crippen LogP contribution in [0.25, 0.3) is 55.9 Å². The number of amides is 1. The van der Waals surface area contributed by atoms with E-state index < -0.39 is 0 Å². The molecule has 0 bridgehead atoms. The number of carbonyl (C=O) groups excluding carboxylic acids is 1. The Morgan fingerprint density at radius 1 is 0.973 bits per heavy atom. The molecule has 0 aliphatic rings. The topological polar surface area (TPSA) is 135 Å². The number of phenols is 1. The maximum Gasteiger partial charge on any atom is 0.251 e. The number of phenolic OH excluding ortho intramolecular Hbond substituents is 1. The Morgan fingerprint density at radius 3 is 2.51 bits per heavy atom. The average Bonchev–Trinajstić information content (AvgIpc) is 3.61. The van der Waals surface area contributed by atoms with Gasteiger partial charge in [0.15, 0.2) is 5.75 Å². The van der Waals surface area contributed by atoms with Crippen LogP contribution in [-0.4, -0.2) is 47.5 Å². The SMILES string of the molecule is CCCCNC(=O)c1ccc2nc(-c3ccc4nc(-c5cc(Cl)c6nc(C)[nH]c6c5O)[nH]c4c3)[nH]c2c1. The fourth-order valence-electron chi connectivity index (χ4n) is 4.47. The van der Waals surface area contributed by atoms with Gasteiger partial charge in [0.05, 0.1) is 32.7 Å². The number of aromatic nitrogens is 6. The number of benzene rings is 3. The molecule has 37 heavy (non-hydrogen) atoms. The van der Waals surface area contributed by atoms with Gasteiger partial charge in [0, 0.05) is 17.7 Å². The van der Waals surface area contributed by atoms with Gasteiger partial charge in [-0.15, -0.1) is 0 Å². The minimum Gasteiger partial charge on any atom is -0.505 e. The van der Waals surface area contributed by atoms with Crippen molar-refractivity contribution in [3.8, 4) is 28.5 Å². The number of unbranched alkanes of at least 4 members (excludes halogenated alkanes) is 1. The van der Waals surface area contributed by atoms with E-state index >= 15 is 0 Å². The van der Waals surface area contributed by atoms with Crippen molar-refractivity contribution in [2.75, 3.05) is 6.54 Å². The molecule has 3 heterocycles. The van der Waals surface area contributed by atoms with E-state index in [1.807, 2.05) is 30.3 Å². The molecule has 9 nitrogen and oxygen atoms in total. The molecule has 0 aliphatic carbocycles. The Morgan fingerprint density at radius 2 is 1.70 bits per heavy atom. The molecular weight excluding hydrogens is 490 g/mol. The summed E-state index contributed by atoms with van der Waals surface area (Å²) in [6.45, 7) is 4.55. The van der Waals surface area contributed by atoms with Crippen molar-refractivity contribution >= 4 is 50.6 Å². The van der Waals surface area contributed by atoms with Crippen LogP contribution in [-0.2, 0) is 0 Å². The summed E-state index contributed by atoms with van der Waals surface area (Å²) in [6, 6.07) is 12.9. The molecule has 3 aromatic carbocycles. The summed E-state index contributed by atoms with van der Waals surface area (Å²) in [5.74, 6) is 1.77. The zero-order chi connectivity index (χ0) is 25.7. The highest BCUT2D eigenvalue weighted by Crippen LogP contribution is 2.38. The lowest BCUT2D eigenvalue weighted by Crippen LogP contribution is -2.24. The van der Waals surface area contributed by atoms with Gasteiger partial charge >= 0.3 is 0 Å². The van der Waals surface area contributed by atoms with E-state index in [1.54, 1.807) is 19.1 Å². The fourth-order valence-corrected chi connectivity index (χ4v) is 4.71. The first-order chi connectivity index (χ1) is 17.9. The predicted molar refractivity (Wildman–Crippen MR) is 145 cm³/mol. The molecule has 0 spiro atoms. The number of aromatic amines is 3. The molecule has 3 aromatic heterocycles. The van der Waals surface area contributed by atoms with E-state index in [0.717, 1.165) is 40.5 Å². The van der Waals surface area contributed by atoms with Gasteiger partial charge in [-0.2, -0.15) is 0 Å². The summed E-state index contributed by atoms with van der Waals surface area (Å²) in [5, 5.41) is 14.2. The van der Waals surface area contributed by atoms with Gasteiger partial charge in [0.1, 0.15) is 28.5 Å². The first-order valence-corrected chi connectivity index (χ1v) is 12.5. The van der Waals surface area contributed by atoms with Crippen molar-refractivity contribution in [1.29, 1.82) is 0 Å². The number of hydrogen-bond donors (Lipinski definition) is 5. The summed E-state index contributed by atoms with van der Waals surface area (Å²) in [5.41, 5.74) is 5.99. The second-order valence-electron chi connectivity index (χ2n) is 9.04. The van der Waals surface area contributed by atoms with Crippen LogP contribution >= 0.6 is 11.6 Å². The van der Waals surface area contributed by atoms with E-state index in [0.29, 0.717) is 51.2 Å². The standard InChI is InChI=1S/C27H24ClN7O2/c1-3-4-9-29-27(37)15-6-8-18-21(11-15)34-25(32-18)14-5-7-19-20(10-14)35-26(33-19)16-12-17(28)22-23(24(16)36)31-13(2)30-22/h5-8,10-12,36H,3-4,9H2,1-2H3,(H,29,37)(H,30,31)(H,32,34)(H,33,35). The highest BCUT2D eigenvalue weighted by atomic mass is 35.5. The van der Waals surface area contributed by atoms with Crippen molar-refractivity contribution in [2.45, 2.75) is 26.7 Å². The molecule has 0 atom stereocenters. The van der Waals surface area contributed by atoms with Crippen LogP contribution in [0.3, 0.4) is 0 Å². The zero-order valence-corrected chi connectivity index (χ0v) is 21.0. The second-order valence-corrected chi connectivity index (χ2v) is 9.45. The number of aromatic hydroxyl groups is 1. The number of halogens is 1. The average molecular weight is 514 g/mol. The van der Waals surface area contributed by atoms with Gasteiger partial charge in [-0.3, -0.25) is 4.79 Å². The Kier molecular flexibility index (Phi) is 5.57. The summed E-state index contributed by atoms with van der Waals surface area (Å²) >= 11 is 6.43. The molecule has 0 unspecified atom stereocenters. The van der Waals surface area contributed by atoms with Crippen molar-refractivity contribution in [3.63, 3.8) is 0 Å². The highest BCUT2D eigenvalue weighted by Gasteiger charge is 2.18. The zero-order valence-electron chi connectivity index (χ0n) is 20.2. The number of rotatable bonds is 6. The third kappa shape index (κ3) is 4.07. The molecule has 0 aliphatic heterocycles. The molecule has 186 valence electrons. The minimum atomic E-state index is -0.0928.